The van der Waals surface area contributed by atoms with Crippen LogP contribution in [0.3, 0.4) is 0 Å². The molecule has 3 heteroatoms. The Balaban J connectivity index is 1.98. The summed E-state index contributed by atoms with van der Waals surface area (Å²) in [7, 11) is 0. The van der Waals surface area contributed by atoms with Crippen LogP contribution >= 0.6 is 0 Å². The highest BCUT2D eigenvalue weighted by molar-refractivity contribution is 5.32. The topological polar surface area (TPSA) is 40.2 Å². The van der Waals surface area contributed by atoms with Gasteiger partial charge in [-0.05, 0) is 44.2 Å². The predicted molar refractivity (Wildman–Crippen MR) is 74.7 cm³/mol. The van der Waals surface area contributed by atoms with Crippen molar-refractivity contribution in [2.45, 2.75) is 45.2 Å². The van der Waals surface area contributed by atoms with Crippen LogP contribution in [0.1, 0.15) is 42.3 Å². The van der Waals surface area contributed by atoms with Gasteiger partial charge in [-0.2, -0.15) is 0 Å². The molecule has 1 unspecified atom stereocenters. The van der Waals surface area contributed by atoms with E-state index in [0.29, 0.717) is 0 Å². The second kappa shape index (κ2) is 6.21. The van der Waals surface area contributed by atoms with Crippen molar-refractivity contribution in [1.29, 1.82) is 0 Å². The second-order valence-corrected chi connectivity index (χ2v) is 5.03. The number of ether oxygens (including phenoxy) is 1. The van der Waals surface area contributed by atoms with Crippen LogP contribution in [0.4, 0.5) is 0 Å². The Morgan fingerprint density at radius 1 is 1.56 bits per heavy atom. The minimum atomic E-state index is 0.232. The quantitative estimate of drug-likeness (QED) is 0.621. The van der Waals surface area contributed by atoms with Crippen molar-refractivity contribution in [3.8, 4) is 0 Å². The molecule has 1 atom stereocenters. The van der Waals surface area contributed by atoms with Gasteiger partial charge in [0.25, 0.3) is 0 Å². The van der Waals surface area contributed by atoms with Crippen LogP contribution in [-0.4, -0.2) is 17.8 Å². The highest BCUT2D eigenvalue weighted by Gasteiger charge is 2.21. The smallest absolute Gasteiger partial charge is 0.0645 e. The summed E-state index contributed by atoms with van der Waals surface area (Å²) < 4.78 is 7.97. The lowest BCUT2D eigenvalue weighted by Gasteiger charge is -2.21. The minimum absolute atomic E-state index is 0.232. The zero-order valence-electron chi connectivity index (χ0n) is 11.3. The number of hydrogen-bond acceptors (Lipinski definition) is 2. The summed E-state index contributed by atoms with van der Waals surface area (Å²) in [6, 6.07) is 2.48. The molecule has 1 aliphatic carbocycles. The van der Waals surface area contributed by atoms with E-state index >= 15 is 0 Å². The van der Waals surface area contributed by atoms with E-state index in [2.05, 4.69) is 24.1 Å². The molecule has 0 aliphatic heterocycles. The maximum absolute atomic E-state index is 6.17. The molecule has 18 heavy (non-hydrogen) atoms. The van der Waals surface area contributed by atoms with Crippen LogP contribution in [0.2, 0.25) is 0 Å². The van der Waals surface area contributed by atoms with Gasteiger partial charge in [0, 0.05) is 24.0 Å². The number of hydrogen-bond donors (Lipinski definition) is 1. The molecular weight excluding hydrogens is 224 g/mol. The number of aryl methyl sites for hydroxylation is 1. The van der Waals surface area contributed by atoms with Crippen molar-refractivity contribution in [3.05, 3.63) is 35.7 Å². The first kappa shape index (κ1) is 13.4. The van der Waals surface area contributed by atoms with E-state index < -0.39 is 0 Å². The van der Waals surface area contributed by atoms with Crippen molar-refractivity contribution < 1.29 is 4.74 Å². The molecule has 0 fully saturated rings. The number of nitrogens with two attached hydrogens (primary N) is 1. The van der Waals surface area contributed by atoms with E-state index in [1.165, 1.54) is 23.4 Å². The average molecular weight is 248 g/mol. The number of rotatable bonds is 6. The van der Waals surface area contributed by atoms with Gasteiger partial charge in [0.1, 0.15) is 0 Å². The summed E-state index contributed by atoms with van der Waals surface area (Å²) in [5.74, 6) is 0. The summed E-state index contributed by atoms with van der Waals surface area (Å²) in [6.07, 6.45) is 6.29. The number of aromatic nitrogens is 1. The normalized spacial score (nSPS) is 18.7. The van der Waals surface area contributed by atoms with Crippen molar-refractivity contribution in [3.63, 3.8) is 0 Å². The monoisotopic (exact) mass is 248 g/mol. The molecular formula is C15H24N2O. The molecule has 0 saturated heterocycles. The van der Waals surface area contributed by atoms with Gasteiger partial charge in [0.15, 0.2) is 0 Å². The summed E-state index contributed by atoms with van der Waals surface area (Å²) >= 11 is 0. The van der Waals surface area contributed by atoms with Gasteiger partial charge in [0.2, 0.25) is 0 Å². The molecule has 1 aromatic heterocycles. The molecule has 1 heterocycles. The highest BCUT2D eigenvalue weighted by atomic mass is 16.5. The number of fused-ring (bicyclic) bond motifs is 1. The molecule has 1 aliphatic rings. The Morgan fingerprint density at radius 3 is 3.17 bits per heavy atom. The molecule has 100 valence electrons. The summed E-state index contributed by atoms with van der Waals surface area (Å²) in [5.41, 5.74) is 10.3. The average Bonchev–Trinajstić information content (AvgIpc) is 2.68. The molecule has 3 nitrogen and oxygen atoms in total. The molecule has 2 N–H and O–H groups in total. The molecule has 0 radical (unpaired) electrons. The zero-order chi connectivity index (χ0) is 13.0. The molecule has 0 amide bonds. The minimum Gasteiger partial charge on any atom is -0.379 e. The SMILES string of the molecule is C=CCCOCCn1c(C)cc2c1CCCC2N. The first-order chi connectivity index (χ1) is 8.74. The third kappa shape index (κ3) is 2.85. The summed E-state index contributed by atoms with van der Waals surface area (Å²) in [5, 5.41) is 0. The van der Waals surface area contributed by atoms with E-state index in [1.54, 1.807) is 0 Å². The fourth-order valence-corrected chi connectivity index (χ4v) is 2.74. The van der Waals surface area contributed by atoms with Gasteiger partial charge in [-0.3, -0.25) is 0 Å². The third-order valence-electron chi connectivity index (χ3n) is 3.70. The fraction of sp³-hybridized carbons (Fsp3) is 0.600. The largest absolute Gasteiger partial charge is 0.379 e. The third-order valence-corrected chi connectivity index (χ3v) is 3.70. The Kier molecular flexibility index (Phi) is 4.61. The lowest BCUT2D eigenvalue weighted by molar-refractivity contribution is 0.129. The van der Waals surface area contributed by atoms with Gasteiger partial charge in [-0.15, -0.1) is 6.58 Å². The molecule has 0 aromatic carbocycles. The van der Waals surface area contributed by atoms with Gasteiger partial charge in [-0.1, -0.05) is 6.08 Å². The molecule has 2 rings (SSSR count). The van der Waals surface area contributed by atoms with Gasteiger partial charge < -0.3 is 15.0 Å². The van der Waals surface area contributed by atoms with E-state index in [0.717, 1.165) is 39.0 Å². The van der Waals surface area contributed by atoms with Crippen molar-refractivity contribution in [2.75, 3.05) is 13.2 Å². The lowest BCUT2D eigenvalue weighted by atomic mass is 9.93. The zero-order valence-corrected chi connectivity index (χ0v) is 11.3. The maximum atomic E-state index is 6.17. The molecule has 0 saturated carbocycles. The highest BCUT2D eigenvalue weighted by Crippen LogP contribution is 2.30. The van der Waals surface area contributed by atoms with Crippen LogP contribution in [0.25, 0.3) is 0 Å². The Bertz CT molecular complexity index is 409. The molecule has 1 aromatic rings. The van der Waals surface area contributed by atoms with E-state index in [4.69, 9.17) is 10.5 Å². The molecule has 0 bridgehead atoms. The fourth-order valence-electron chi connectivity index (χ4n) is 2.74. The maximum Gasteiger partial charge on any atom is 0.0645 e. The van der Waals surface area contributed by atoms with Crippen LogP contribution in [0.15, 0.2) is 18.7 Å². The first-order valence-electron chi connectivity index (χ1n) is 6.87. The Labute approximate surface area is 110 Å². The summed E-state index contributed by atoms with van der Waals surface area (Å²) in [4.78, 5) is 0. The predicted octanol–water partition coefficient (Wildman–Crippen LogP) is 2.73. The van der Waals surface area contributed by atoms with E-state index in [1.807, 2.05) is 6.08 Å². The first-order valence-corrected chi connectivity index (χ1v) is 6.87. The Hall–Kier alpha value is -1.06. The van der Waals surface area contributed by atoms with Crippen molar-refractivity contribution in [1.82, 2.24) is 4.57 Å². The van der Waals surface area contributed by atoms with Gasteiger partial charge in [-0.25, -0.2) is 0 Å². The van der Waals surface area contributed by atoms with Crippen molar-refractivity contribution in [2.24, 2.45) is 5.73 Å². The Morgan fingerprint density at radius 2 is 2.39 bits per heavy atom. The van der Waals surface area contributed by atoms with E-state index in [-0.39, 0.29) is 6.04 Å². The lowest BCUT2D eigenvalue weighted by Crippen LogP contribution is -2.19. The van der Waals surface area contributed by atoms with Gasteiger partial charge >= 0.3 is 0 Å². The van der Waals surface area contributed by atoms with Gasteiger partial charge in [0.05, 0.1) is 13.2 Å². The standard InChI is InChI=1S/C15H24N2O/c1-3-4-9-18-10-8-17-12(2)11-13-14(16)6-5-7-15(13)17/h3,11,14H,1,4-10,16H2,2H3. The number of nitrogens with zero attached hydrogens (tertiary/aromatic N) is 1. The molecule has 0 spiro atoms. The van der Waals surface area contributed by atoms with Crippen LogP contribution in [0, 0.1) is 6.92 Å². The van der Waals surface area contributed by atoms with Crippen molar-refractivity contribution >= 4 is 0 Å². The summed E-state index contributed by atoms with van der Waals surface area (Å²) in [6.45, 7) is 8.32. The van der Waals surface area contributed by atoms with Crippen LogP contribution in [0.5, 0.6) is 0 Å². The second-order valence-electron chi connectivity index (χ2n) is 5.03. The van der Waals surface area contributed by atoms with Crippen LogP contribution < -0.4 is 5.73 Å². The van der Waals surface area contributed by atoms with E-state index in [9.17, 15) is 0 Å². The van der Waals surface area contributed by atoms with Crippen LogP contribution in [-0.2, 0) is 17.7 Å².